The van der Waals surface area contributed by atoms with Crippen LogP contribution in [0.1, 0.15) is 19.2 Å². The first kappa shape index (κ1) is 17.4. The number of aromatic nitrogens is 2. The van der Waals surface area contributed by atoms with E-state index in [1.165, 1.54) is 12.1 Å². The van der Waals surface area contributed by atoms with Crippen molar-refractivity contribution < 1.29 is 14.5 Å². The number of nitrogens with zero attached hydrogens (tertiary/aromatic N) is 2. The molecule has 0 unspecified atom stereocenters. The number of carbonyl (C=O) groups excluding carboxylic acids is 1. The molecule has 8 heteroatoms. The van der Waals surface area contributed by atoms with Gasteiger partial charge in [0.2, 0.25) is 5.91 Å². The molecule has 0 saturated carbocycles. The van der Waals surface area contributed by atoms with Crippen LogP contribution in [0.15, 0.2) is 42.5 Å². The smallest absolute Gasteiger partial charge is 0.271 e. The lowest BCUT2D eigenvalue weighted by atomic mass is 10.2. The molecule has 134 valence electrons. The van der Waals surface area contributed by atoms with Gasteiger partial charge < -0.3 is 15.0 Å². The highest BCUT2D eigenvalue weighted by Crippen LogP contribution is 2.20. The number of amides is 1. The molecule has 1 amide bonds. The summed E-state index contributed by atoms with van der Waals surface area (Å²) in [4.78, 5) is 29.8. The summed E-state index contributed by atoms with van der Waals surface area (Å²) in [7, 11) is 0. The van der Waals surface area contributed by atoms with Crippen LogP contribution in [-0.4, -0.2) is 27.4 Å². The predicted molar refractivity (Wildman–Crippen MR) is 97.3 cm³/mol. The second-order valence-electron chi connectivity index (χ2n) is 5.65. The van der Waals surface area contributed by atoms with E-state index in [4.69, 9.17) is 4.74 Å². The van der Waals surface area contributed by atoms with E-state index in [0.29, 0.717) is 35.6 Å². The molecule has 0 aliphatic rings. The predicted octanol–water partition coefficient (Wildman–Crippen LogP) is 3.44. The minimum Gasteiger partial charge on any atom is -0.494 e. The minimum absolute atomic E-state index is 0.000873. The average Bonchev–Trinajstić information content (AvgIpc) is 3.04. The zero-order chi connectivity index (χ0) is 18.5. The molecule has 0 atom stereocenters. The monoisotopic (exact) mass is 354 g/mol. The van der Waals surface area contributed by atoms with E-state index in [1.54, 1.807) is 30.3 Å². The largest absolute Gasteiger partial charge is 0.494 e. The summed E-state index contributed by atoms with van der Waals surface area (Å²) in [5.74, 6) is 1.23. The Balaban J connectivity index is 1.58. The van der Waals surface area contributed by atoms with Crippen molar-refractivity contribution in [2.75, 3.05) is 11.9 Å². The molecule has 0 bridgehead atoms. The number of aryl methyl sites for hydroxylation is 1. The molecular formula is C18H18N4O4. The number of hydrogen-bond acceptors (Lipinski definition) is 5. The molecule has 0 aliphatic carbocycles. The Morgan fingerprint density at radius 3 is 2.73 bits per heavy atom. The number of aromatic amines is 1. The van der Waals surface area contributed by atoms with Crippen LogP contribution in [0.5, 0.6) is 5.75 Å². The first-order chi connectivity index (χ1) is 12.5. The quantitative estimate of drug-likeness (QED) is 0.499. The van der Waals surface area contributed by atoms with Gasteiger partial charge in [-0.2, -0.15) is 0 Å². The molecular weight excluding hydrogens is 336 g/mol. The zero-order valence-electron chi connectivity index (χ0n) is 14.2. The van der Waals surface area contributed by atoms with Crippen molar-refractivity contribution in [1.29, 1.82) is 0 Å². The number of benzene rings is 2. The zero-order valence-corrected chi connectivity index (χ0v) is 14.2. The minimum atomic E-state index is -0.454. The number of ether oxygens (including phenoxy) is 1. The highest BCUT2D eigenvalue weighted by molar-refractivity contribution is 5.90. The van der Waals surface area contributed by atoms with Crippen molar-refractivity contribution in [3.8, 4) is 5.75 Å². The van der Waals surface area contributed by atoms with E-state index in [1.807, 2.05) is 6.92 Å². The van der Waals surface area contributed by atoms with Crippen LogP contribution in [-0.2, 0) is 11.2 Å². The molecule has 0 spiro atoms. The maximum absolute atomic E-state index is 12.1. The van der Waals surface area contributed by atoms with Crippen molar-refractivity contribution in [3.05, 3.63) is 58.4 Å². The highest BCUT2D eigenvalue weighted by Gasteiger charge is 2.11. The summed E-state index contributed by atoms with van der Waals surface area (Å²) in [6.45, 7) is 2.50. The normalized spacial score (nSPS) is 10.7. The number of non-ortho nitro benzene ring substituents is 1. The number of H-pyrrole nitrogens is 1. The van der Waals surface area contributed by atoms with Crippen molar-refractivity contribution in [2.45, 2.75) is 19.8 Å². The van der Waals surface area contributed by atoms with Gasteiger partial charge in [0.05, 0.1) is 22.6 Å². The number of rotatable bonds is 7. The molecule has 3 aromatic rings. The van der Waals surface area contributed by atoms with Crippen molar-refractivity contribution >= 4 is 28.3 Å². The first-order valence-electron chi connectivity index (χ1n) is 8.21. The van der Waals surface area contributed by atoms with Crippen LogP contribution < -0.4 is 10.1 Å². The lowest BCUT2D eigenvalue weighted by Crippen LogP contribution is -2.12. The summed E-state index contributed by atoms with van der Waals surface area (Å²) in [5, 5.41) is 13.6. The summed E-state index contributed by atoms with van der Waals surface area (Å²) >= 11 is 0. The van der Waals surface area contributed by atoms with Gasteiger partial charge in [-0.1, -0.05) is 0 Å². The van der Waals surface area contributed by atoms with Crippen LogP contribution in [0.2, 0.25) is 0 Å². The molecule has 26 heavy (non-hydrogen) atoms. The van der Waals surface area contributed by atoms with E-state index < -0.39 is 4.92 Å². The molecule has 0 saturated heterocycles. The van der Waals surface area contributed by atoms with Gasteiger partial charge in [0, 0.05) is 30.7 Å². The van der Waals surface area contributed by atoms with E-state index in [-0.39, 0.29) is 18.0 Å². The fraction of sp³-hybridized carbons (Fsp3) is 0.222. The van der Waals surface area contributed by atoms with Crippen molar-refractivity contribution in [2.24, 2.45) is 0 Å². The SMILES string of the molecule is CCOc1ccc(NC(=O)CCc2nc3ccc([N+](=O)[O-])cc3[nH]2)cc1. The number of carbonyl (C=O) groups is 1. The van der Waals surface area contributed by atoms with Crippen LogP contribution >= 0.6 is 0 Å². The fourth-order valence-electron chi connectivity index (χ4n) is 2.54. The Hall–Kier alpha value is -3.42. The van der Waals surface area contributed by atoms with Crippen LogP contribution in [0.25, 0.3) is 11.0 Å². The Morgan fingerprint density at radius 1 is 1.27 bits per heavy atom. The third-order valence-corrected chi connectivity index (χ3v) is 3.76. The van der Waals surface area contributed by atoms with Gasteiger partial charge in [-0.05, 0) is 37.3 Å². The first-order valence-corrected chi connectivity index (χ1v) is 8.21. The average molecular weight is 354 g/mol. The van der Waals surface area contributed by atoms with E-state index in [0.717, 1.165) is 5.75 Å². The maximum Gasteiger partial charge on any atom is 0.271 e. The summed E-state index contributed by atoms with van der Waals surface area (Å²) in [5.41, 5.74) is 1.92. The van der Waals surface area contributed by atoms with Gasteiger partial charge in [-0.3, -0.25) is 14.9 Å². The summed E-state index contributed by atoms with van der Waals surface area (Å²) < 4.78 is 5.36. The number of nitrogens with one attached hydrogen (secondary N) is 2. The third-order valence-electron chi connectivity index (χ3n) is 3.76. The van der Waals surface area contributed by atoms with Gasteiger partial charge in [-0.15, -0.1) is 0 Å². The summed E-state index contributed by atoms with van der Waals surface area (Å²) in [6, 6.07) is 11.6. The van der Waals surface area contributed by atoms with Gasteiger partial charge in [0.1, 0.15) is 11.6 Å². The Labute approximate surface area is 149 Å². The number of imidazole rings is 1. The Bertz CT molecular complexity index is 934. The summed E-state index contributed by atoms with van der Waals surface area (Å²) in [6.07, 6.45) is 0.653. The molecule has 0 aliphatic heterocycles. The van der Waals surface area contributed by atoms with Crippen LogP contribution in [0.3, 0.4) is 0 Å². The molecule has 2 N–H and O–H groups in total. The Morgan fingerprint density at radius 2 is 2.04 bits per heavy atom. The van der Waals surface area contributed by atoms with Crippen LogP contribution in [0.4, 0.5) is 11.4 Å². The van der Waals surface area contributed by atoms with Gasteiger partial charge >= 0.3 is 0 Å². The second kappa shape index (κ2) is 7.64. The van der Waals surface area contributed by atoms with E-state index >= 15 is 0 Å². The molecule has 2 aromatic carbocycles. The van der Waals surface area contributed by atoms with Gasteiger partial charge in [0.25, 0.3) is 5.69 Å². The number of hydrogen-bond donors (Lipinski definition) is 2. The molecule has 1 aromatic heterocycles. The number of nitro benzene ring substituents is 1. The lowest BCUT2D eigenvalue weighted by molar-refractivity contribution is -0.384. The molecule has 0 fully saturated rings. The molecule has 1 heterocycles. The molecule has 0 radical (unpaired) electrons. The van der Waals surface area contributed by atoms with Crippen molar-refractivity contribution in [3.63, 3.8) is 0 Å². The molecule has 8 nitrogen and oxygen atoms in total. The van der Waals surface area contributed by atoms with E-state index in [9.17, 15) is 14.9 Å². The fourth-order valence-corrected chi connectivity index (χ4v) is 2.54. The van der Waals surface area contributed by atoms with E-state index in [2.05, 4.69) is 15.3 Å². The lowest BCUT2D eigenvalue weighted by Gasteiger charge is -2.06. The number of anilines is 1. The second-order valence-corrected chi connectivity index (χ2v) is 5.65. The van der Waals surface area contributed by atoms with Crippen LogP contribution in [0, 0.1) is 10.1 Å². The third kappa shape index (κ3) is 4.15. The topological polar surface area (TPSA) is 110 Å². The number of nitro groups is 1. The van der Waals surface area contributed by atoms with Crippen molar-refractivity contribution in [1.82, 2.24) is 9.97 Å². The number of fused-ring (bicyclic) bond motifs is 1. The molecule has 3 rings (SSSR count). The Kier molecular flexibility index (Phi) is 5.12. The highest BCUT2D eigenvalue weighted by atomic mass is 16.6. The van der Waals surface area contributed by atoms with Gasteiger partial charge in [-0.25, -0.2) is 4.98 Å². The van der Waals surface area contributed by atoms with Gasteiger partial charge in [0.15, 0.2) is 0 Å². The maximum atomic E-state index is 12.1. The standard InChI is InChI=1S/C18H18N4O4/c1-2-26-14-6-3-12(4-7-14)19-18(23)10-9-17-20-15-8-5-13(22(24)25)11-16(15)21-17/h3-8,11H,2,9-10H2,1H3,(H,19,23)(H,20,21).